The molecule has 0 aliphatic carbocycles. The molecule has 9 heteroatoms. The smallest absolute Gasteiger partial charge is 0.335 e. The lowest BCUT2D eigenvalue weighted by atomic mass is 10.0. The standard InChI is InChI=1S/C31H31N3O6/c1-6-39-27-16-22(10-12-26(27)40-17-28(35)32-25-13-18(2)7-8-20(25)4)15-24-29(36)33-31(38)34(30(24)37)23-11-9-19(3)21(5)14-23/h7-16H,6,17H2,1-5H3,(H,32,35)(H,33,36,38)/b24-15-. The summed E-state index contributed by atoms with van der Waals surface area (Å²) in [5, 5.41) is 5.08. The molecule has 5 amide bonds. The van der Waals surface area contributed by atoms with Crippen LogP contribution in [0, 0.1) is 27.7 Å². The molecule has 0 unspecified atom stereocenters. The highest BCUT2D eigenvalue weighted by Crippen LogP contribution is 2.31. The van der Waals surface area contributed by atoms with Gasteiger partial charge in [0.15, 0.2) is 18.1 Å². The Kier molecular flexibility index (Phi) is 8.33. The molecule has 0 saturated carbocycles. The number of nitrogens with one attached hydrogen (secondary N) is 2. The maximum atomic E-state index is 13.3. The fraction of sp³-hybridized carbons (Fsp3) is 0.226. The summed E-state index contributed by atoms with van der Waals surface area (Å²) in [7, 11) is 0. The van der Waals surface area contributed by atoms with Crippen molar-refractivity contribution in [1.29, 1.82) is 0 Å². The molecule has 4 rings (SSSR count). The first-order chi connectivity index (χ1) is 19.1. The van der Waals surface area contributed by atoms with Crippen molar-refractivity contribution < 1.29 is 28.7 Å². The van der Waals surface area contributed by atoms with Gasteiger partial charge < -0.3 is 14.8 Å². The van der Waals surface area contributed by atoms with E-state index in [1.165, 1.54) is 6.08 Å². The highest BCUT2D eigenvalue weighted by atomic mass is 16.5. The Hall–Kier alpha value is -4.92. The fourth-order valence-corrected chi connectivity index (χ4v) is 4.13. The third kappa shape index (κ3) is 6.20. The van der Waals surface area contributed by atoms with Crippen LogP contribution in [0.3, 0.4) is 0 Å². The van der Waals surface area contributed by atoms with E-state index < -0.39 is 17.8 Å². The maximum Gasteiger partial charge on any atom is 0.335 e. The van der Waals surface area contributed by atoms with Crippen LogP contribution in [0.4, 0.5) is 16.2 Å². The molecule has 3 aromatic carbocycles. The monoisotopic (exact) mass is 541 g/mol. The van der Waals surface area contributed by atoms with Gasteiger partial charge in [-0.2, -0.15) is 0 Å². The molecule has 1 fully saturated rings. The van der Waals surface area contributed by atoms with Gasteiger partial charge in [0.1, 0.15) is 5.57 Å². The Morgan fingerprint density at radius 3 is 2.35 bits per heavy atom. The zero-order chi connectivity index (χ0) is 29.0. The largest absolute Gasteiger partial charge is 0.490 e. The zero-order valence-corrected chi connectivity index (χ0v) is 23.1. The molecule has 0 radical (unpaired) electrons. The maximum absolute atomic E-state index is 13.3. The molecule has 2 N–H and O–H groups in total. The van der Waals surface area contributed by atoms with E-state index in [1.54, 1.807) is 43.3 Å². The predicted octanol–water partition coefficient (Wildman–Crippen LogP) is 5.00. The quantitative estimate of drug-likeness (QED) is 0.306. The summed E-state index contributed by atoms with van der Waals surface area (Å²) in [5.41, 5.74) is 5.22. The van der Waals surface area contributed by atoms with Gasteiger partial charge in [0.25, 0.3) is 17.7 Å². The average Bonchev–Trinajstić information content (AvgIpc) is 2.90. The summed E-state index contributed by atoms with van der Waals surface area (Å²) in [5.74, 6) is -1.20. The minimum absolute atomic E-state index is 0.207. The van der Waals surface area contributed by atoms with Gasteiger partial charge in [-0.05, 0) is 98.8 Å². The van der Waals surface area contributed by atoms with Crippen molar-refractivity contribution >= 4 is 41.2 Å². The highest BCUT2D eigenvalue weighted by Gasteiger charge is 2.37. The van der Waals surface area contributed by atoms with Crippen LogP contribution in [0.1, 0.15) is 34.7 Å². The summed E-state index contributed by atoms with van der Waals surface area (Å²) < 4.78 is 11.4. The molecule has 9 nitrogen and oxygen atoms in total. The summed E-state index contributed by atoms with van der Waals surface area (Å²) in [6, 6.07) is 15.0. The van der Waals surface area contributed by atoms with Crippen molar-refractivity contribution in [3.05, 3.63) is 88.0 Å². The van der Waals surface area contributed by atoms with E-state index in [-0.39, 0.29) is 18.1 Å². The predicted molar refractivity (Wildman–Crippen MR) is 153 cm³/mol. The molecule has 1 saturated heterocycles. The van der Waals surface area contributed by atoms with Gasteiger partial charge in [0, 0.05) is 5.69 Å². The van der Waals surface area contributed by atoms with Gasteiger partial charge in [-0.1, -0.05) is 24.3 Å². The summed E-state index contributed by atoms with van der Waals surface area (Å²) in [4.78, 5) is 51.9. The second-order valence-electron chi connectivity index (χ2n) is 9.52. The third-order valence-electron chi connectivity index (χ3n) is 6.45. The Balaban J connectivity index is 1.54. The van der Waals surface area contributed by atoms with Gasteiger partial charge in [0.05, 0.1) is 12.3 Å². The van der Waals surface area contributed by atoms with Crippen molar-refractivity contribution in [2.24, 2.45) is 0 Å². The van der Waals surface area contributed by atoms with Crippen molar-refractivity contribution in [3.63, 3.8) is 0 Å². The molecule has 3 aromatic rings. The van der Waals surface area contributed by atoms with Gasteiger partial charge in [0.2, 0.25) is 0 Å². The molecular formula is C31H31N3O6. The van der Waals surface area contributed by atoms with Crippen LogP contribution in [-0.2, 0) is 14.4 Å². The Bertz CT molecular complexity index is 1540. The first kappa shape index (κ1) is 28.1. The van der Waals surface area contributed by atoms with E-state index in [4.69, 9.17) is 9.47 Å². The summed E-state index contributed by atoms with van der Waals surface area (Å²) in [6.45, 7) is 9.52. The molecule has 1 aliphatic rings. The van der Waals surface area contributed by atoms with E-state index in [0.29, 0.717) is 35.0 Å². The number of barbiturate groups is 1. The number of hydrogen-bond donors (Lipinski definition) is 2. The molecule has 1 heterocycles. The third-order valence-corrected chi connectivity index (χ3v) is 6.45. The van der Waals surface area contributed by atoms with Crippen LogP contribution in [0.2, 0.25) is 0 Å². The molecule has 206 valence electrons. The molecule has 0 spiro atoms. The second-order valence-corrected chi connectivity index (χ2v) is 9.52. The molecule has 0 aromatic heterocycles. The first-order valence-electron chi connectivity index (χ1n) is 12.8. The van der Waals surface area contributed by atoms with Crippen LogP contribution in [-0.4, -0.2) is 37.0 Å². The Morgan fingerprint density at radius 2 is 1.62 bits per heavy atom. The molecule has 40 heavy (non-hydrogen) atoms. The topological polar surface area (TPSA) is 114 Å². The fourth-order valence-electron chi connectivity index (χ4n) is 4.13. The molecular weight excluding hydrogens is 510 g/mol. The van der Waals surface area contributed by atoms with Crippen LogP contribution >= 0.6 is 0 Å². The number of hydrogen-bond acceptors (Lipinski definition) is 6. The summed E-state index contributed by atoms with van der Waals surface area (Å²) in [6.07, 6.45) is 1.39. The number of carbonyl (C=O) groups excluding carboxylic acids is 4. The van der Waals surface area contributed by atoms with Gasteiger partial charge in [-0.25, -0.2) is 9.69 Å². The van der Waals surface area contributed by atoms with Gasteiger partial charge in [-0.3, -0.25) is 19.7 Å². The van der Waals surface area contributed by atoms with Crippen LogP contribution in [0.25, 0.3) is 6.08 Å². The number of aryl methyl sites for hydroxylation is 4. The van der Waals surface area contributed by atoms with Crippen molar-refractivity contribution in [3.8, 4) is 11.5 Å². The number of amides is 5. The number of nitrogens with zero attached hydrogens (tertiary/aromatic N) is 1. The van der Waals surface area contributed by atoms with Crippen LogP contribution in [0.15, 0.2) is 60.2 Å². The van der Waals surface area contributed by atoms with E-state index in [2.05, 4.69) is 10.6 Å². The highest BCUT2D eigenvalue weighted by molar-refractivity contribution is 6.39. The van der Waals surface area contributed by atoms with E-state index in [0.717, 1.165) is 27.2 Å². The molecule has 0 atom stereocenters. The lowest BCUT2D eigenvalue weighted by Gasteiger charge is -2.27. The van der Waals surface area contributed by atoms with Gasteiger partial charge >= 0.3 is 6.03 Å². The van der Waals surface area contributed by atoms with E-state index in [9.17, 15) is 19.2 Å². The minimum Gasteiger partial charge on any atom is -0.490 e. The number of benzene rings is 3. The molecule has 0 bridgehead atoms. The lowest BCUT2D eigenvalue weighted by Crippen LogP contribution is -2.54. The van der Waals surface area contributed by atoms with E-state index >= 15 is 0 Å². The number of anilines is 2. The van der Waals surface area contributed by atoms with Crippen LogP contribution in [0.5, 0.6) is 11.5 Å². The van der Waals surface area contributed by atoms with Crippen molar-refractivity contribution in [1.82, 2.24) is 5.32 Å². The lowest BCUT2D eigenvalue weighted by molar-refractivity contribution is -0.122. The molecule has 1 aliphatic heterocycles. The minimum atomic E-state index is -0.812. The zero-order valence-electron chi connectivity index (χ0n) is 23.1. The Morgan fingerprint density at radius 1 is 0.875 bits per heavy atom. The normalized spacial score (nSPS) is 14.3. The SMILES string of the molecule is CCOc1cc(/C=C2/C(=O)NC(=O)N(c3ccc(C)c(C)c3)C2=O)ccc1OCC(=O)Nc1cc(C)ccc1C. The number of rotatable bonds is 8. The second kappa shape index (κ2) is 11.9. The van der Waals surface area contributed by atoms with Crippen molar-refractivity contribution in [2.45, 2.75) is 34.6 Å². The number of urea groups is 1. The summed E-state index contributed by atoms with van der Waals surface area (Å²) >= 11 is 0. The average molecular weight is 542 g/mol. The van der Waals surface area contributed by atoms with Crippen LogP contribution < -0.4 is 25.0 Å². The number of ether oxygens (including phenoxy) is 2. The number of carbonyl (C=O) groups is 4. The Labute approximate surface area is 232 Å². The van der Waals surface area contributed by atoms with E-state index in [1.807, 2.05) is 45.9 Å². The van der Waals surface area contributed by atoms with Crippen molar-refractivity contribution in [2.75, 3.05) is 23.4 Å². The first-order valence-corrected chi connectivity index (χ1v) is 12.8. The van der Waals surface area contributed by atoms with Gasteiger partial charge in [-0.15, -0.1) is 0 Å². The number of imide groups is 2.